The molecule has 1 N–H and O–H groups in total. The molecule has 0 aliphatic heterocycles. The fraction of sp³-hybridized carbons (Fsp3) is 0.150. The maximum Gasteiger partial charge on any atom is 0.270 e. The first kappa shape index (κ1) is 16.6. The van der Waals surface area contributed by atoms with Crippen LogP contribution in [0.5, 0.6) is 0 Å². The first-order chi connectivity index (χ1) is 12.3. The number of carbonyl (C=O) groups excluding carboxylic acids is 1. The number of amides is 1. The lowest BCUT2D eigenvalue weighted by atomic mass is 10.2. The molecule has 1 heterocycles. The van der Waals surface area contributed by atoms with Crippen LogP contribution >= 0.6 is 0 Å². The Morgan fingerprint density at radius 3 is 2.36 bits per heavy atom. The minimum Gasteiger partial charge on any atom is -0.347 e. The van der Waals surface area contributed by atoms with Crippen LogP contribution in [0.3, 0.4) is 0 Å². The van der Waals surface area contributed by atoms with Gasteiger partial charge in [-0.3, -0.25) is 4.79 Å². The highest BCUT2D eigenvalue weighted by molar-refractivity contribution is 5.93. The molecule has 0 fully saturated rings. The maximum atomic E-state index is 12.4. The summed E-state index contributed by atoms with van der Waals surface area (Å²) in [6.45, 7) is 3.26. The van der Waals surface area contributed by atoms with Crippen molar-refractivity contribution in [3.8, 4) is 0 Å². The summed E-state index contributed by atoms with van der Waals surface area (Å²) in [5.74, 6) is 0.491. The maximum absolute atomic E-state index is 12.4. The molecule has 0 aliphatic rings. The molecular weight excluding hydrogens is 312 g/mol. The van der Waals surface area contributed by atoms with Gasteiger partial charge in [0, 0.05) is 24.8 Å². The van der Waals surface area contributed by atoms with E-state index in [9.17, 15) is 4.79 Å². The Balaban J connectivity index is 1.75. The first-order valence-electron chi connectivity index (χ1n) is 8.24. The molecule has 25 heavy (non-hydrogen) atoms. The molecular formula is C20H20N4O. The minimum absolute atomic E-state index is 0.211. The van der Waals surface area contributed by atoms with Gasteiger partial charge in [0.2, 0.25) is 0 Å². The second-order valence-electron chi connectivity index (χ2n) is 5.51. The van der Waals surface area contributed by atoms with Gasteiger partial charge < -0.3 is 10.2 Å². The Labute approximate surface area is 147 Å². The van der Waals surface area contributed by atoms with Crippen molar-refractivity contribution in [2.45, 2.75) is 13.5 Å². The molecule has 3 aromatic rings. The van der Waals surface area contributed by atoms with Crippen molar-refractivity contribution in [2.24, 2.45) is 0 Å². The average molecular weight is 332 g/mol. The zero-order valence-electron chi connectivity index (χ0n) is 14.1. The lowest BCUT2D eigenvalue weighted by Crippen LogP contribution is -2.25. The summed E-state index contributed by atoms with van der Waals surface area (Å²) in [6, 6.07) is 21.5. The third kappa shape index (κ3) is 4.20. The van der Waals surface area contributed by atoms with Gasteiger partial charge in [-0.1, -0.05) is 48.5 Å². The van der Waals surface area contributed by atoms with Gasteiger partial charge in [-0.15, -0.1) is 0 Å². The van der Waals surface area contributed by atoms with E-state index in [1.54, 1.807) is 6.07 Å². The van der Waals surface area contributed by atoms with E-state index in [2.05, 4.69) is 15.3 Å². The standard InChI is InChI=1S/C20H20N4O/c1-2-24(17-11-7-4-8-12-17)19-13-18(22-15-23-19)20(25)21-14-16-9-5-3-6-10-16/h3-13,15H,2,14H2,1H3,(H,21,25). The molecule has 0 unspecified atom stereocenters. The van der Waals surface area contributed by atoms with Gasteiger partial charge in [-0.05, 0) is 24.6 Å². The number of nitrogens with one attached hydrogen (secondary N) is 1. The van der Waals surface area contributed by atoms with Gasteiger partial charge in [-0.25, -0.2) is 9.97 Å². The number of hydrogen-bond donors (Lipinski definition) is 1. The van der Waals surface area contributed by atoms with Gasteiger partial charge in [-0.2, -0.15) is 0 Å². The highest BCUT2D eigenvalue weighted by Crippen LogP contribution is 2.22. The van der Waals surface area contributed by atoms with E-state index in [-0.39, 0.29) is 5.91 Å². The molecule has 0 saturated carbocycles. The number of hydrogen-bond acceptors (Lipinski definition) is 4. The van der Waals surface area contributed by atoms with Gasteiger partial charge in [0.25, 0.3) is 5.91 Å². The Kier molecular flexibility index (Phi) is 5.36. The van der Waals surface area contributed by atoms with Gasteiger partial charge in [0.1, 0.15) is 17.8 Å². The highest BCUT2D eigenvalue weighted by Gasteiger charge is 2.13. The molecule has 0 spiro atoms. The first-order valence-corrected chi connectivity index (χ1v) is 8.24. The second-order valence-corrected chi connectivity index (χ2v) is 5.51. The molecule has 5 nitrogen and oxygen atoms in total. The minimum atomic E-state index is -0.211. The Morgan fingerprint density at radius 1 is 1.00 bits per heavy atom. The summed E-state index contributed by atoms with van der Waals surface area (Å²) in [7, 11) is 0. The number of anilines is 2. The molecule has 0 atom stereocenters. The van der Waals surface area contributed by atoms with Crippen molar-refractivity contribution in [3.05, 3.63) is 84.3 Å². The molecule has 3 rings (SSSR count). The summed E-state index contributed by atoms with van der Waals surface area (Å²) in [6.07, 6.45) is 1.43. The molecule has 1 aromatic heterocycles. The zero-order valence-corrected chi connectivity index (χ0v) is 14.1. The molecule has 0 saturated heterocycles. The molecule has 126 valence electrons. The fourth-order valence-electron chi connectivity index (χ4n) is 2.57. The van der Waals surface area contributed by atoms with E-state index in [0.29, 0.717) is 18.1 Å². The summed E-state index contributed by atoms with van der Waals surface area (Å²) < 4.78 is 0. The van der Waals surface area contributed by atoms with Gasteiger partial charge in [0.15, 0.2) is 0 Å². The van der Waals surface area contributed by atoms with Crippen molar-refractivity contribution in [1.82, 2.24) is 15.3 Å². The van der Waals surface area contributed by atoms with Crippen molar-refractivity contribution in [1.29, 1.82) is 0 Å². The van der Waals surface area contributed by atoms with E-state index in [4.69, 9.17) is 0 Å². The van der Waals surface area contributed by atoms with Crippen molar-refractivity contribution < 1.29 is 4.79 Å². The molecule has 0 bridgehead atoms. The quantitative estimate of drug-likeness (QED) is 0.750. The molecule has 5 heteroatoms. The average Bonchev–Trinajstić information content (AvgIpc) is 2.69. The topological polar surface area (TPSA) is 58.1 Å². The third-order valence-corrected chi connectivity index (χ3v) is 3.84. The predicted octanol–water partition coefficient (Wildman–Crippen LogP) is 3.56. The van der Waals surface area contributed by atoms with Crippen molar-refractivity contribution >= 4 is 17.4 Å². The Bertz CT molecular complexity index is 821. The molecule has 2 aromatic carbocycles. The summed E-state index contributed by atoms with van der Waals surface area (Å²) in [4.78, 5) is 22.9. The van der Waals surface area contributed by atoms with Crippen LogP contribution in [0.1, 0.15) is 23.0 Å². The summed E-state index contributed by atoms with van der Waals surface area (Å²) >= 11 is 0. The van der Waals surface area contributed by atoms with Crippen LogP contribution in [0.2, 0.25) is 0 Å². The largest absolute Gasteiger partial charge is 0.347 e. The fourth-order valence-corrected chi connectivity index (χ4v) is 2.57. The van der Waals surface area contributed by atoms with Crippen molar-refractivity contribution in [2.75, 3.05) is 11.4 Å². The lowest BCUT2D eigenvalue weighted by molar-refractivity contribution is 0.0946. The van der Waals surface area contributed by atoms with E-state index >= 15 is 0 Å². The van der Waals surface area contributed by atoms with Crippen molar-refractivity contribution in [3.63, 3.8) is 0 Å². The predicted molar refractivity (Wildman–Crippen MR) is 98.8 cm³/mol. The van der Waals surface area contributed by atoms with E-state index in [1.165, 1.54) is 6.33 Å². The summed E-state index contributed by atoms with van der Waals surface area (Å²) in [5.41, 5.74) is 2.43. The van der Waals surface area contributed by atoms with Crippen LogP contribution in [0, 0.1) is 0 Å². The van der Waals surface area contributed by atoms with Crippen LogP contribution in [0.4, 0.5) is 11.5 Å². The Hall–Kier alpha value is -3.21. The SMILES string of the molecule is CCN(c1ccccc1)c1cc(C(=O)NCc2ccccc2)ncn1. The van der Waals surface area contributed by atoms with Gasteiger partial charge >= 0.3 is 0 Å². The van der Waals surface area contributed by atoms with Crippen LogP contribution in [-0.4, -0.2) is 22.4 Å². The Morgan fingerprint density at radius 2 is 1.68 bits per heavy atom. The highest BCUT2D eigenvalue weighted by atomic mass is 16.1. The van der Waals surface area contributed by atoms with Crippen LogP contribution in [0.25, 0.3) is 0 Å². The van der Waals surface area contributed by atoms with Gasteiger partial charge in [0.05, 0.1) is 0 Å². The smallest absolute Gasteiger partial charge is 0.270 e. The molecule has 1 amide bonds. The van der Waals surface area contributed by atoms with Crippen LogP contribution < -0.4 is 10.2 Å². The van der Waals surface area contributed by atoms with E-state index in [1.807, 2.05) is 72.5 Å². The van der Waals surface area contributed by atoms with E-state index in [0.717, 1.165) is 17.8 Å². The van der Waals surface area contributed by atoms with Crippen LogP contribution in [0.15, 0.2) is 73.1 Å². The number of nitrogens with zero attached hydrogens (tertiary/aromatic N) is 3. The van der Waals surface area contributed by atoms with E-state index < -0.39 is 0 Å². The molecule has 0 aliphatic carbocycles. The third-order valence-electron chi connectivity index (χ3n) is 3.84. The lowest BCUT2D eigenvalue weighted by Gasteiger charge is -2.22. The normalized spacial score (nSPS) is 10.3. The molecule has 0 radical (unpaired) electrons. The number of benzene rings is 2. The van der Waals surface area contributed by atoms with Crippen LogP contribution in [-0.2, 0) is 6.54 Å². The number of para-hydroxylation sites is 1. The second kappa shape index (κ2) is 8.06. The summed E-state index contributed by atoms with van der Waals surface area (Å²) in [5, 5.41) is 2.89. The monoisotopic (exact) mass is 332 g/mol. The zero-order chi connectivity index (χ0) is 17.5. The number of aromatic nitrogens is 2. The number of carbonyl (C=O) groups is 1. The number of rotatable bonds is 6.